The van der Waals surface area contributed by atoms with E-state index in [0.29, 0.717) is 0 Å². The minimum absolute atomic E-state index is 0. The van der Waals surface area contributed by atoms with Crippen molar-refractivity contribution >= 4 is 0 Å². The van der Waals surface area contributed by atoms with E-state index >= 15 is 0 Å². The van der Waals surface area contributed by atoms with Crippen LogP contribution in [0.25, 0.3) is 0 Å². The van der Waals surface area contributed by atoms with Gasteiger partial charge in [0, 0.05) is 37.7 Å². The van der Waals surface area contributed by atoms with Crippen molar-refractivity contribution in [3.8, 4) is 0 Å². The Hall–Kier alpha value is 1.02. The van der Waals surface area contributed by atoms with Gasteiger partial charge in [-0.15, -0.1) is 0 Å². The summed E-state index contributed by atoms with van der Waals surface area (Å²) in [7, 11) is 0. The number of hydrogen-bond donors (Lipinski definition) is 6. The molecule has 7 heteroatoms. The van der Waals surface area contributed by atoms with Crippen molar-refractivity contribution in [1.29, 1.82) is 0 Å². The molecule has 4 atom stereocenters. The molecule has 0 amide bonds. The third kappa shape index (κ3) is 5.46. The van der Waals surface area contributed by atoms with Gasteiger partial charge in [0.05, 0.1) is 13.2 Å². The standard InChI is InChI=1S/C6H14O6.Ar/c7-1-3(9)5(11)6(12)4(10)2-8;/h3-12H,1-2H2;. The first-order valence-electron chi connectivity index (χ1n) is 3.48. The molecule has 0 aliphatic rings. The molecular weight excluding hydrogens is 208 g/mol. The number of rotatable bonds is 5. The van der Waals surface area contributed by atoms with Crippen molar-refractivity contribution < 1.29 is 68.4 Å². The zero-order chi connectivity index (χ0) is 9.72. The summed E-state index contributed by atoms with van der Waals surface area (Å²) in [6.07, 6.45) is -6.39. The van der Waals surface area contributed by atoms with Crippen LogP contribution >= 0.6 is 0 Å². The molecule has 0 rings (SSSR count). The Kier molecular flexibility index (Phi) is 10.6. The van der Waals surface area contributed by atoms with Crippen LogP contribution in [0, 0.1) is 37.7 Å². The second-order valence-corrected chi connectivity index (χ2v) is 2.48. The molecule has 0 aliphatic carbocycles. The monoisotopic (exact) mass is 222 g/mol. The predicted octanol–water partition coefficient (Wildman–Crippen LogP) is -3.59. The van der Waals surface area contributed by atoms with Crippen LogP contribution in [0.1, 0.15) is 0 Å². The smallest absolute Gasteiger partial charge is 0.111 e. The Morgan fingerprint density at radius 2 is 0.923 bits per heavy atom. The van der Waals surface area contributed by atoms with Crippen LogP contribution in [0.15, 0.2) is 0 Å². The summed E-state index contributed by atoms with van der Waals surface area (Å²) in [4.78, 5) is 0. The van der Waals surface area contributed by atoms with Gasteiger partial charge in [0.1, 0.15) is 24.4 Å². The van der Waals surface area contributed by atoms with Crippen molar-refractivity contribution in [3.05, 3.63) is 0 Å². The summed E-state index contributed by atoms with van der Waals surface area (Å²) in [5.41, 5.74) is 0. The molecule has 6 N–H and O–H groups in total. The van der Waals surface area contributed by atoms with Crippen molar-refractivity contribution in [1.82, 2.24) is 0 Å². The third-order valence-corrected chi connectivity index (χ3v) is 1.51. The average Bonchev–Trinajstić information content (AvgIpc) is 2.12. The fourth-order valence-electron chi connectivity index (χ4n) is 0.671. The molecule has 0 saturated heterocycles. The minimum Gasteiger partial charge on any atom is -0.394 e. The van der Waals surface area contributed by atoms with E-state index in [4.69, 9.17) is 30.6 Å². The first-order chi connectivity index (χ1) is 5.54. The Morgan fingerprint density at radius 1 is 0.692 bits per heavy atom. The summed E-state index contributed by atoms with van der Waals surface area (Å²) < 4.78 is 0. The van der Waals surface area contributed by atoms with Gasteiger partial charge < -0.3 is 30.6 Å². The molecule has 4 unspecified atom stereocenters. The summed E-state index contributed by atoms with van der Waals surface area (Å²) in [6, 6.07) is 0. The van der Waals surface area contributed by atoms with Gasteiger partial charge in [-0.1, -0.05) is 0 Å². The van der Waals surface area contributed by atoms with Crippen LogP contribution in [0.2, 0.25) is 0 Å². The molecule has 0 radical (unpaired) electrons. The van der Waals surface area contributed by atoms with Gasteiger partial charge in [0.25, 0.3) is 0 Å². The first-order valence-corrected chi connectivity index (χ1v) is 3.48. The van der Waals surface area contributed by atoms with Crippen molar-refractivity contribution in [2.45, 2.75) is 24.4 Å². The van der Waals surface area contributed by atoms with Crippen LogP contribution in [-0.2, 0) is 0 Å². The molecular formula is C6H14ArO6. The maximum atomic E-state index is 8.96. The number of aliphatic hydroxyl groups is 6. The molecule has 0 aromatic carbocycles. The molecule has 0 heterocycles. The summed E-state index contributed by atoms with van der Waals surface area (Å²) in [6.45, 7) is -1.45. The quantitative estimate of drug-likeness (QED) is 0.286. The molecule has 0 aliphatic heterocycles. The SMILES string of the molecule is OCC(O)C(O)C(O)C(O)CO.[Ar]. The van der Waals surface area contributed by atoms with Gasteiger partial charge in [0.2, 0.25) is 0 Å². The maximum absolute atomic E-state index is 8.96. The Balaban J connectivity index is 0. The van der Waals surface area contributed by atoms with Crippen LogP contribution in [0.3, 0.4) is 0 Å². The van der Waals surface area contributed by atoms with Crippen molar-refractivity contribution in [3.63, 3.8) is 0 Å². The topological polar surface area (TPSA) is 121 Å². The van der Waals surface area contributed by atoms with Crippen LogP contribution in [0.5, 0.6) is 0 Å². The van der Waals surface area contributed by atoms with E-state index in [1.54, 1.807) is 0 Å². The fraction of sp³-hybridized carbons (Fsp3) is 1.00. The minimum atomic E-state index is -1.67. The first kappa shape index (κ1) is 16.4. The van der Waals surface area contributed by atoms with Crippen LogP contribution in [0.4, 0.5) is 0 Å². The fourth-order valence-corrected chi connectivity index (χ4v) is 0.671. The van der Waals surface area contributed by atoms with Crippen molar-refractivity contribution in [2.24, 2.45) is 0 Å². The molecule has 13 heavy (non-hydrogen) atoms. The van der Waals surface area contributed by atoms with Gasteiger partial charge in [-0.2, -0.15) is 0 Å². The van der Waals surface area contributed by atoms with Gasteiger partial charge in [-0.05, 0) is 0 Å². The van der Waals surface area contributed by atoms with Gasteiger partial charge >= 0.3 is 0 Å². The Morgan fingerprint density at radius 3 is 1.08 bits per heavy atom. The second kappa shape index (κ2) is 8.34. The average molecular weight is 222 g/mol. The van der Waals surface area contributed by atoms with E-state index in [-0.39, 0.29) is 37.7 Å². The van der Waals surface area contributed by atoms with E-state index in [1.165, 1.54) is 0 Å². The van der Waals surface area contributed by atoms with Crippen molar-refractivity contribution in [2.75, 3.05) is 13.2 Å². The van der Waals surface area contributed by atoms with Crippen LogP contribution in [-0.4, -0.2) is 68.3 Å². The second-order valence-electron chi connectivity index (χ2n) is 2.48. The molecule has 0 spiro atoms. The molecule has 0 aromatic heterocycles. The molecule has 6 nitrogen and oxygen atoms in total. The third-order valence-electron chi connectivity index (χ3n) is 1.51. The van der Waals surface area contributed by atoms with Crippen LogP contribution < -0.4 is 0 Å². The zero-order valence-corrected chi connectivity index (χ0v) is 7.47. The van der Waals surface area contributed by atoms with E-state index in [9.17, 15) is 0 Å². The Labute approximate surface area is 105 Å². The van der Waals surface area contributed by atoms with E-state index in [0.717, 1.165) is 0 Å². The molecule has 0 fully saturated rings. The molecule has 0 saturated carbocycles. The molecule has 82 valence electrons. The number of hydrogen-bond acceptors (Lipinski definition) is 6. The summed E-state index contributed by atoms with van der Waals surface area (Å²) in [5, 5.41) is 52.2. The predicted molar refractivity (Wildman–Crippen MR) is 38.2 cm³/mol. The largest absolute Gasteiger partial charge is 0.394 e. The van der Waals surface area contributed by atoms with Gasteiger partial charge in [-0.25, -0.2) is 0 Å². The molecule has 0 bridgehead atoms. The maximum Gasteiger partial charge on any atom is 0.111 e. The normalized spacial score (nSPS) is 19.8. The summed E-state index contributed by atoms with van der Waals surface area (Å²) in [5.74, 6) is 0. The van der Waals surface area contributed by atoms with Gasteiger partial charge in [-0.3, -0.25) is 0 Å². The van der Waals surface area contributed by atoms with E-state index < -0.39 is 37.6 Å². The van der Waals surface area contributed by atoms with E-state index in [2.05, 4.69) is 0 Å². The zero-order valence-electron chi connectivity index (χ0n) is 6.76. The Bertz CT molecular complexity index is 110. The molecule has 0 aromatic rings. The summed E-state index contributed by atoms with van der Waals surface area (Å²) >= 11 is 0. The van der Waals surface area contributed by atoms with Gasteiger partial charge in [0.15, 0.2) is 0 Å². The van der Waals surface area contributed by atoms with E-state index in [1.807, 2.05) is 0 Å². The number of aliphatic hydroxyl groups excluding tert-OH is 6.